The normalized spacial score (nSPS) is 22.0. The summed E-state index contributed by atoms with van der Waals surface area (Å²) in [6, 6.07) is 0.250. The summed E-state index contributed by atoms with van der Waals surface area (Å²) in [5.74, 6) is 1.47. The smallest absolute Gasteiger partial charge is 0.237 e. The molecule has 0 N–H and O–H groups in total. The van der Waals surface area contributed by atoms with Crippen molar-refractivity contribution in [1.82, 2.24) is 14.7 Å². The lowest BCUT2D eigenvalue weighted by atomic mass is 10.0. The van der Waals surface area contributed by atoms with Gasteiger partial charge in [-0.1, -0.05) is 6.08 Å². The molecule has 2 aliphatic heterocycles. The topological polar surface area (TPSA) is 42.6 Å². The van der Waals surface area contributed by atoms with E-state index in [-0.39, 0.29) is 6.04 Å². The zero-order valence-electron chi connectivity index (χ0n) is 14.5. The van der Waals surface area contributed by atoms with E-state index in [1.54, 1.807) is 11.7 Å². The van der Waals surface area contributed by atoms with Gasteiger partial charge in [0.05, 0.1) is 11.7 Å². The Balaban J connectivity index is 2.11. The van der Waals surface area contributed by atoms with Gasteiger partial charge in [0.1, 0.15) is 11.5 Å². The van der Waals surface area contributed by atoms with Gasteiger partial charge in [0, 0.05) is 26.1 Å². The molecule has 124 valence electrons. The second-order valence-electron chi connectivity index (χ2n) is 6.33. The lowest BCUT2D eigenvalue weighted by Gasteiger charge is -2.29. The number of hydrogen-bond donors (Lipinski definition) is 0. The number of alkyl halides is 1. The fraction of sp³-hybridized carbons (Fsp3) is 0.529. The van der Waals surface area contributed by atoms with Gasteiger partial charge in [0.25, 0.3) is 0 Å². The number of amidine groups is 1. The molecule has 0 bridgehead atoms. The van der Waals surface area contributed by atoms with Crippen molar-refractivity contribution in [2.24, 2.45) is 12.0 Å². The maximum Gasteiger partial charge on any atom is 0.237 e. The highest BCUT2D eigenvalue weighted by molar-refractivity contribution is 6.07. The summed E-state index contributed by atoms with van der Waals surface area (Å²) < 4.78 is 20.2. The Bertz CT molecular complexity index is 742. The van der Waals surface area contributed by atoms with Crippen LogP contribution in [0.2, 0.25) is 0 Å². The van der Waals surface area contributed by atoms with E-state index in [4.69, 9.17) is 9.73 Å². The third-order valence-corrected chi connectivity index (χ3v) is 4.19. The van der Waals surface area contributed by atoms with Crippen LogP contribution < -0.4 is 4.74 Å². The third-order valence-electron chi connectivity index (χ3n) is 4.19. The molecule has 2 atom stereocenters. The molecule has 2 unspecified atom stereocenters. The lowest BCUT2D eigenvalue weighted by molar-refractivity contribution is 0.0754. The van der Waals surface area contributed by atoms with E-state index < -0.39 is 6.36 Å². The monoisotopic (exact) mass is 318 g/mol. The van der Waals surface area contributed by atoms with Crippen LogP contribution in [-0.4, -0.2) is 39.5 Å². The van der Waals surface area contributed by atoms with E-state index in [0.29, 0.717) is 5.88 Å². The molecule has 2 aliphatic rings. The zero-order valence-corrected chi connectivity index (χ0v) is 14.5. The molecule has 0 saturated carbocycles. The van der Waals surface area contributed by atoms with Crippen LogP contribution in [0, 0.1) is 6.92 Å². The molecule has 0 fully saturated rings. The molecule has 0 amide bonds. The Morgan fingerprint density at radius 3 is 2.70 bits per heavy atom. The second kappa shape index (κ2) is 5.51. The van der Waals surface area contributed by atoms with Crippen molar-refractivity contribution in [2.75, 3.05) is 6.54 Å². The van der Waals surface area contributed by atoms with E-state index >= 15 is 0 Å². The van der Waals surface area contributed by atoms with Crippen LogP contribution in [0.5, 0.6) is 5.88 Å². The fourth-order valence-electron chi connectivity index (χ4n) is 3.32. The van der Waals surface area contributed by atoms with E-state index in [1.165, 1.54) is 6.92 Å². The van der Waals surface area contributed by atoms with Gasteiger partial charge in [0.15, 0.2) is 0 Å². The number of halogens is 1. The number of rotatable bonds is 3. The van der Waals surface area contributed by atoms with E-state index in [0.717, 1.165) is 40.5 Å². The molecule has 6 heteroatoms. The summed E-state index contributed by atoms with van der Waals surface area (Å²) in [6.45, 7) is 10.4. The van der Waals surface area contributed by atoms with Crippen LogP contribution in [0.4, 0.5) is 4.39 Å². The number of aryl methyl sites for hydroxylation is 1. The number of nitrogens with zero attached hydrogens (tertiary/aromatic N) is 4. The summed E-state index contributed by atoms with van der Waals surface area (Å²) in [4.78, 5) is 6.94. The maximum absolute atomic E-state index is 13.3. The van der Waals surface area contributed by atoms with Crippen LogP contribution in [0.25, 0.3) is 5.70 Å². The van der Waals surface area contributed by atoms with Gasteiger partial charge in [-0.3, -0.25) is 4.99 Å². The Labute approximate surface area is 136 Å². The van der Waals surface area contributed by atoms with Crippen molar-refractivity contribution in [3.05, 3.63) is 28.5 Å². The molecule has 23 heavy (non-hydrogen) atoms. The third kappa shape index (κ3) is 2.56. The van der Waals surface area contributed by atoms with Crippen molar-refractivity contribution in [3.63, 3.8) is 0 Å². The summed E-state index contributed by atoms with van der Waals surface area (Å²) in [6.07, 6.45) is 0.763. The van der Waals surface area contributed by atoms with Crippen LogP contribution in [-0.2, 0) is 7.05 Å². The van der Waals surface area contributed by atoms with E-state index in [2.05, 4.69) is 36.8 Å². The van der Waals surface area contributed by atoms with Crippen LogP contribution in [0.15, 0.2) is 22.2 Å². The maximum atomic E-state index is 13.3. The molecule has 0 aliphatic carbocycles. The number of fused-ring (bicyclic) bond motifs is 1. The molecule has 0 saturated heterocycles. The molecule has 0 radical (unpaired) electrons. The van der Waals surface area contributed by atoms with Crippen molar-refractivity contribution < 1.29 is 9.13 Å². The molecule has 5 nitrogen and oxygen atoms in total. The number of ether oxygens (including phenoxy) is 1. The number of aromatic nitrogens is 2. The molecule has 0 spiro atoms. The van der Waals surface area contributed by atoms with Gasteiger partial charge in [-0.2, -0.15) is 5.10 Å². The minimum atomic E-state index is -1.37. The van der Waals surface area contributed by atoms with Gasteiger partial charge in [-0.25, -0.2) is 9.07 Å². The van der Waals surface area contributed by atoms with Crippen LogP contribution >= 0.6 is 0 Å². The number of hydrogen-bond acceptors (Lipinski definition) is 4. The first-order chi connectivity index (χ1) is 10.8. The van der Waals surface area contributed by atoms with Gasteiger partial charge < -0.3 is 9.64 Å². The van der Waals surface area contributed by atoms with Gasteiger partial charge >= 0.3 is 0 Å². The molecule has 1 aromatic rings. The first kappa shape index (κ1) is 15.8. The van der Waals surface area contributed by atoms with Crippen LogP contribution in [0.3, 0.4) is 0 Å². The van der Waals surface area contributed by atoms with Crippen molar-refractivity contribution in [1.29, 1.82) is 0 Å². The summed E-state index contributed by atoms with van der Waals surface area (Å²) in [5, 5.41) is 4.59. The van der Waals surface area contributed by atoms with Gasteiger partial charge in [-0.05, 0) is 38.8 Å². The van der Waals surface area contributed by atoms with Gasteiger partial charge in [0.2, 0.25) is 12.2 Å². The quantitative estimate of drug-likeness (QED) is 0.859. The molecule has 0 aromatic carbocycles. The van der Waals surface area contributed by atoms with Gasteiger partial charge in [-0.15, -0.1) is 0 Å². The fourth-order valence-corrected chi connectivity index (χ4v) is 3.32. The van der Waals surface area contributed by atoms with Crippen molar-refractivity contribution >= 4 is 11.5 Å². The Hall–Kier alpha value is -2.11. The molecule has 3 heterocycles. The average Bonchev–Trinajstić information content (AvgIpc) is 2.95. The molecular weight excluding hydrogens is 295 g/mol. The first-order valence-corrected chi connectivity index (χ1v) is 7.89. The highest BCUT2D eigenvalue weighted by Gasteiger charge is 2.33. The molecule has 1 aromatic heterocycles. The molecular formula is C17H23FN4O. The zero-order chi connectivity index (χ0) is 16.9. The second-order valence-corrected chi connectivity index (χ2v) is 6.33. The summed E-state index contributed by atoms with van der Waals surface area (Å²) in [7, 11) is 1.77. The molecule has 3 rings (SSSR count). The Morgan fingerprint density at radius 1 is 1.35 bits per heavy atom. The SMILES string of the molecule is CC1=CC(C)=C(c2nn(C)c(OC(C)F)c2C)N2CC(C)N=C12. The summed E-state index contributed by atoms with van der Waals surface area (Å²) in [5.41, 5.74) is 5.01. The number of allylic oxidation sites excluding steroid dienone is 2. The Morgan fingerprint density at radius 2 is 2.04 bits per heavy atom. The van der Waals surface area contributed by atoms with Crippen molar-refractivity contribution in [2.45, 2.75) is 47.0 Å². The lowest BCUT2D eigenvalue weighted by Crippen LogP contribution is -2.31. The van der Waals surface area contributed by atoms with E-state index in [9.17, 15) is 4.39 Å². The van der Waals surface area contributed by atoms with Crippen LogP contribution in [0.1, 0.15) is 39.0 Å². The minimum Gasteiger partial charge on any atom is -0.444 e. The van der Waals surface area contributed by atoms with Crippen molar-refractivity contribution in [3.8, 4) is 5.88 Å². The standard InChI is InChI=1S/C17H23FN4O/c1-9-7-10(2)16-19-11(3)8-22(16)15(9)14-12(4)17(21(6)20-14)23-13(5)18/h7,11,13H,8H2,1-6H3. The number of aliphatic imine (C=N–C) groups is 1. The predicted octanol–water partition coefficient (Wildman–Crippen LogP) is 3.22. The van der Waals surface area contributed by atoms with E-state index in [1.807, 2.05) is 6.92 Å². The largest absolute Gasteiger partial charge is 0.444 e. The first-order valence-electron chi connectivity index (χ1n) is 7.89. The highest BCUT2D eigenvalue weighted by atomic mass is 19.1. The predicted molar refractivity (Wildman–Crippen MR) is 89.1 cm³/mol. The Kier molecular flexibility index (Phi) is 3.78. The minimum absolute atomic E-state index is 0.250. The highest BCUT2D eigenvalue weighted by Crippen LogP contribution is 2.37. The summed E-state index contributed by atoms with van der Waals surface area (Å²) >= 11 is 0. The average molecular weight is 318 g/mol.